The summed E-state index contributed by atoms with van der Waals surface area (Å²) in [5.41, 5.74) is 1.24. The molecule has 0 saturated carbocycles. The van der Waals surface area contributed by atoms with Crippen molar-refractivity contribution in [3.05, 3.63) is 48.0 Å². The molecule has 3 heteroatoms. The van der Waals surface area contributed by atoms with E-state index in [-0.39, 0.29) is 6.61 Å². The van der Waals surface area contributed by atoms with Gasteiger partial charge in [0.05, 0.1) is 12.7 Å². The minimum Gasteiger partial charge on any atom is -0.394 e. The van der Waals surface area contributed by atoms with E-state index in [4.69, 9.17) is 5.11 Å². The molecule has 0 fully saturated rings. The van der Waals surface area contributed by atoms with E-state index in [9.17, 15) is 5.11 Å². The van der Waals surface area contributed by atoms with Gasteiger partial charge < -0.3 is 10.2 Å². The standard InChI is InChI=1S/C15H19NO2/c1-16(10-14(18)11-17)9-13-7-4-6-12-5-2-3-8-15(12)13/h2-8,14,17-18H,9-11H2,1H3. The number of aliphatic hydroxyl groups is 2. The first-order valence-corrected chi connectivity index (χ1v) is 6.15. The van der Waals surface area contributed by atoms with Gasteiger partial charge >= 0.3 is 0 Å². The molecule has 0 aliphatic heterocycles. The van der Waals surface area contributed by atoms with E-state index in [1.165, 1.54) is 16.3 Å². The van der Waals surface area contributed by atoms with Crippen molar-refractivity contribution >= 4 is 10.8 Å². The van der Waals surface area contributed by atoms with E-state index in [1.54, 1.807) is 0 Å². The summed E-state index contributed by atoms with van der Waals surface area (Å²) in [6.45, 7) is 1.04. The lowest BCUT2D eigenvalue weighted by Crippen LogP contribution is -2.31. The van der Waals surface area contributed by atoms with Crippen molar-refractivity contribution in [2.24, 2.45) is 0 Å². The minimum atomic E-state index is -0.676. The van der Waals surface area contributed by atoms with E-state index in [0.717, 1.165) is 6.54 Å². The lowest BCUT2D eigenvalue weighted by Gasteiger charge is -2.20. The van der Waals surface area contributed by atoms with Crippen LogP contribution >= 0.6 is 0 Å². The molecule has 1 atom stereocenters. The largest absolute Gasteiger partial charge is 0.394 e. The van der Waals surface area contributed by atoms with Crippen LogP contribution in [-0.2, 0) is 6.54 Å². The number of hydrogen-bond acceptors (Lipinski definition) is 3. The Morgan fingerprint density at radius 2 is 1.83 bits per heavy atom. The first-order chi connectivity index (χ1) is 8.70. The predicted molar refractivity (Wildman–Crippen MR) is 73.4 cm³/mol. The monoisotopic (exact) mass is 245 g/mol. The van der Waals surface area contributed by atoms with Crippen LogP contribution in [0.25, 0.3) is 10.8 Å². The zero-order valence-electron chi connectivity index (χ0n) is 10.6. The van der Waals surface area contributed by atoms with E-state index < -0.39 is 6.10 Å². The number of aliphatic hydroxyl groups excluding tert-OH is 2. The van der Waals surface area contributed by atoms with Gasteiger partial charge in [-0.15, -0.1) is 0 Å². The highest BCUT2D eigenvalue weighted by molar-refractivity contribution is 5.85. The molecule has 0 amide bonds. The maximum Gasteiger partial charge on any atom is 0.0897 e. The van der Waals surface area contributed by atoms with Crippen molar-refractivity contribution in [3.63, 3.8) is 0 Å². The zero-order valence-corrected chi connectivity index (χ0v) is 10.6. The normalized spacial score (nSPS) is 13.1. The van der Waals surface area contributed by atoms with E-state index in [0.29, 0.717) is 6.54 Å². The van der Waals surface area contributed by atoms with Gasteiger partial charge in [0.15, 0.2) is 0 Å². The van der Waals surface area contributed by atoms with Crippen LogP contribution in [-0.4, -0.2) is 41.4 Å². The highest BCUT2D eigenvalue weighted by Crippen LogP contribution is 2.19. The Labute approximate surface area is 107 Å². The molecule has 1 unspecified atom stereocenters. The van der Waals surface area contributed by atoms with Crippen LogP contribution in [0.2, 0.25) is 0 Å². The first-order valence-electron chi connectivity index (χ1n) is 6.15. The Hall–Kier alpha value is -1.42. The summed E-state index contributed by atoms with van der Waals surface area (Å²) in [5, 5.41) is 20.7. The lowest BCUT2D eigenvalue weighted by atomic mass is 10.0. The summed E-state index contributed by atoms with van der Waals surface area (Å²) < 4.78 is 0. The molecule has 0 spiro atoms. The van der Waals surface area contributed by atoms with Crippen LogP contribution < -0.4 is 0 Å². The van der Waals surface area contributed by atoms with Crippen molar-refractivity contribution in [3.8, 4) is 0 Å². The van der Waals surface area contributed by atoms with Crippen molar-refractivity contribution < 1.29 is 10.2 Å². The fourth-order valence-electron chi connectivity index (χ4n) is 2.20. The summed E-state index contributed by atoms with van der Waals surface area (Å²) in [4.78, 5) is 2.02. The Morgan fingerprint density at radius 3 is 2.61 bits per heavy atom. The Morgan fingerprint density at radius 1 is 1.11 bits per heavy atom. The molecule has 0 bridgehead atoms. The number of likely N-dealkylation sites (N-methyl/N-ethyl adjacent to an activating group) is 1. The summed E-state index contributed by atoms with van der Waals surface area (Å²) in [6.07, 6.45) is -0.676. The second kappa shape index (κ2) is 5.96. The topological polar surface area (TPSA) is 43.7 Å². The smallest absolute Gasteiger partial charge is 0.0897 e. The molecule has 2 aromatic rings. The number of hydrogen-bond donors (Lipinski definition) is 2. The second-order valence-electron chi connectivity index (χ2n) is 4.67. The molecular formula is C15H19NO2. The maximum atomic E-state index is 9.43. The van der Waals surface area contributed by atoms with Gasteiger partial charge in [-0.25, -0.2) is 0 Å². The molecular weight excluding hydrogens is 226 g/mol. The van der Waals surface area contributed by atoms with Crippen LogP contribution in [0.3, 0.4) is 0 Å². The number of rotatable bonds is 5. The molecule has 3 nitrogen and oxygen atoms in total. The Balaban J connectivity index is 2.16. The van der Waals surface area contributed by atoms with Crippen LogP contribution in [0.4, 0.5) is 0 Å². The van der Waals surface area contributed by atoms with Crippen molar-refractivity contribution in [2.75, 3.05) is 20.2 Å². The van der Waals surface area contributed by atoms with E-state index >= 15 is 0 Å². The molecule has 0 heterocycles. The van der Waals surface area contributed by atoms with Crippen LogP contribution in [0.15, 0.2) is 42.5 Å². The third-order valence-electron chi connectivity index (χ3n) is 3.05. The van der Waals surface area contributed by atoms with E-state index in [2.05, 4.69) is 24.3 Å². The van der Waals surface area contributed by atoms with Gasteiger partial charge in [0.25, 0.3) is 0 Å². The second-order valence-corrected chi connectivity index (χ2v) is 4.67. The van der Waals surface area contributed by atoms with Gasteiger partial charge in [0, 0.05) is 13.1 Å². The number of nitrogens with zero attached hydrogens (tertiary/aromatic N) is 1. The average Bonchev–Trinajstić information content (AvgIpc) is 2.39. The van der Waals surface area contributed by atoms with Crippen LogP contribution in [0.5, 0.6) is 0 Å². The van der Waals surface area contributed by atoms with Gasteiger partial charge in [0.2, 0.25) is 0 Å². The summed E-state index contributed by atoms with van der Waals surface area (Å²) in [7, 11) is 1.95. The molecule has 18 heavy (non-hydrogen) atoms. The van der Waals surface area contributed by atoms with Crippen molar-refractivity contribution in [1.82, 2.24) is 4.90 Å². The minimum absolute atomic E-state index is 0.195. The predicted octanol–water partition coefficient (Wildman–Crippen LogP) is 1.62. The first kappa shape index (κ1) is 13.0. The van der Waals surface area contributed by atoms with E-state index in [1.807, 2.05) is 30.1 Å². The Kier molecular flexibility index (Phi) is 4.31. The van der Waals surface area contributed by atoms with Gasteiger partial charge in [-0.05, 0) is 23.4 Å². The third-order valence-corrected chi connectivity index (χ3v) is 3.05. The molecule has 96 valence electrons. The summed E-state index contributed by atoms with van der Waals surface area (Å²) in [6, 6.07) is 14.5. The van der Waals surface area contributed by atoms with Gasteiger partial charge in [-0.1, -0.05) is 42.5 Å². The van der Waals surface area contributed by atoms with Gasteiger partial charge in [-0.2, -0.15) is 0 Å². The number of benzene rings is 2. The van der Waals surface area contributed by atoms with Crippen molar-refractivity contribution in [1.29, 1.82) is 0 Å². The molecule has 2 rings (SSSR count). The molecule has 0 aromatic heterocycles. The van der Waals surface area contributed by atoms with Crippen LogP contribution in [0, 0.1) is 0 Å². The highest BCUT2D eigenvalue weighted by atomic mass is 16.3. The average molecular weight is 245 g/mol. The quantitative estimate of drug-likeness (QED) is 0.841. The van der Waals surface area contributed by atoms with Crippen LogP contribution in [0.1, 0.15) is 5.56 Å². The maximum absolute atomic E-state index is 9.43. The van der Waals surface area contributed by atoms with Crippen molar-refractivity contribution in [2.45, 2.75) is 12.6 Å². The summed E-state index contributed by atoms with van der Waals surface area (Å²) >= 11 is 0. The third kappa shape index (κ3) is 3.07. The molecule has 2 N–H and O–H groups in total. The van der Waals surface area contributed by atoms with Gasteiger partial charge in [0.1, 0.15) is 0 Å². The lowest BCUT2D eigenvalue weighted by molar-refractivity contribution is 0.0649. The molecule has 0 saturated heterocycles. The fourth-order valence-corrected chi connectivity index (χ4v) is 2.20. The molecule has 0 radical (unpaired) electrons. The SMILES string of the molecule is CN(Cc1cccc2ccccc12)CC(O)CO. The zero-order chi connectivity index (χ0) is 13.0. The molecule has 2 aromatic carbocycles. The highest BCUT2D eigenvalue weighted by Gasteiger charge is 2.08. The van der Waals surface area contributed by atoms with Gasteiger partial charge in [-0.3, -0.25) is 4.90 Å². The number of fused-ring (bicyclic) bond motifs is 1. The molecule has 0 aliphatic carbocycles. The fraction of sp³-hybridized carbons (Fsp3) is 0.333. The molecule has 0 aliphatic rings. The Bertz CT molecular complexity index is 507. The summed E-state index contributed by atoms with van der Waals surface area (Å²) in [5.74, 6) is 0.